The Bertz CT molecular complexity index is 921. The van der Waals surface area contributed by atoms with E-state index in [9.17, 15) is 9.59 Å². The van der Waals surface area contributed by atoms with Crippen molar-refractivity contribution in [2.75, 3.05) is 45.9 Å². The summed E-state index contributed by atoms with van der Waals surface area (Å²) in [5, 5.41) is 2.73. The van der Waals surface area contributed by atoms with Gasteiger partial charge in [0.05, 0.1) is 19.8 Å². The molecule has 2 heterocycles. The van der Waals surface area contributed by atoms with E-state index >= 15 is 0 Å². The highest BCUT2D eigenvalue weighted by molar-refractivity contribution is 5.96. The van der Waals surface area contributed by atoms with Gasteiger partial charge in [0.1, 0.15) is 11.5 Å². The Morgan fingerprint density at radius 3 is 2.58 bits per heavy atom. The molecule has 0 radical (unpaired) electrons. The number of nitrogens with zero attached hydrogens (tertiary/aromatic N) is 2. The summed E-state index contributed by atoms with van der Waals surface area (Å²) in [6.45, 7) is 7.15. The van der Waals surface area contributed by atoms with Gasteiger partial charge in [0.2, 0.25) is 5.91 Å². The topological polar surface area (TPSA) is 71.1 Å². The molecule has 1 N–H and O–H groups in total. The first-order chi connectivity index (χ1) is 15.1. The highest BCUT2D eigenvalue weighted by atomic mass is 16.5. The minimum atomic E-state index is -0.254. The van der Waals surface area contributed by atoms with Gasteiger partial charge in [-0.3, -0.25) is 14.5 Å². The Kier molecular flexibility index (Phi) is 6.72. The molecule has 2 aliphatic rings. The van der Waals surface area contributed by atoms with Gasteiger partial charge in [0.25, 0.3) is 5.91 Å². The monoisotopic (exact) mass is 423 g/mol. The predicted octanol–water partition coefficient (Wildman–Crippen LogP) is 2.09. The fraction of sp³-hybridized carbons (Fsp3) is 0.417. The van der Waals surface area contributed by atoms with Gasteiger partial charge in [-0.15, -0.1) is 0 Å². The molecule has 1 saturated heterocycles. The van der Waals surface area contributed by atoms with Crippen LogP contribution in [0.15, 0.2) is 42.5 Å². The molecular weight excluding hydrogens is 394 g/mol. The van der Waals surface area contributed by atoms with Crippen LogP contribution in [-0.2, 0) is 17.8 Å². The molecule has 2 aromatic carbocycles. The SMILES string of the molecule is CCOc1ccc(C(=O)NCC(=O)N2CCN(Cc3ccc4c(c3)CCO4)CC2)cc1. The van der Waals surface area contributed by atoms with E-state index in [-0.39, 0.29) is 18.4 Å². The average molecular weight is 424 g/mol. The molecule has 7 nitrogen and oxygen atoms in total. The molecule has 0 unspecified atom stereocenters. The lowest BCUT2D eigenvalue weighted by atomic mass is 10.1. The molecule has 0 bridgehead atoms. The standard InChI is InChI=1S/C24H29N3O4/c1-2-30-21-6-4-19(5-7-21)24(29)25-16-23(28)27-12-10-26(11-13-27)17-18-3-8-22-20(15-18)9-14-31-22/h3-8,15H,2,9-14,16-17H2,1H3,(H,25,29). The summed E-state index contributed by atoms with van der Waals surface area (Å²) in [6.07, 6.45) is 0.980. The number of carbonyl (C=O) groups excluding carboxylic acids is 2. The maximum absolute atomic E-state index is 12.5. The maximum atomic E-state index is 12.5. The lowest BCUT2D eigenvalue weighted by molar-refractivity contribution is -0.131. The van der Waals surface area contributed by atoms with Crippen LogP contribution in [0, 0.1) is 0 Å². The second-order valence-electron chi connectivity index (χ2n) is 7.84. The van der Waals surface area contributed by atoms with E-state index in [2.05, 4.69) is 28.4 Å². The molecule has 0 aromatic heterocycles. The molecule has 7 heteroatoms. The molecule has 0 atom stereocenters. The van der Waals surface area contributed by atoms with E-state index in [0.717, 1.165) is 44.2 Å². The lowest BCUT2D eigenvalue weighted by Gasteiger charge is -2.34. The van der Waals surface area contributed by atoms with Crippen molar-refractivity contribution in [3.8, 4) is 11.5 Å². The van der Waals surface area contributed by atoms with Crippen LogP contribution in [-0.4, -0.2) is 67.6 Å². The third-order valence-electron chi connectivity index (χ3n) is 5.71. The zero-order valence-electron chi connectivity index (χ0n) is 17.9. The Balaban J connectivity index is 1.20. The van der Waals surface area contributed by atoms with Gasteiger partial charge in [0.15, 0.2) is 0 Å². The van der Waals surface area contributed by atoms with Gasteiger partial charge < -0.3 is 19.7 Å². The van der Waals surface area contributed by atoms with Crippen molar-refractivity contribution < 1.29 is 19.1 Å². The molecule has 0 spiro atoms. The summed E-state index contributed by atoms with van der Waals surface area (Å²) >= 11 is 0. The molecule has 0 saturated carbocycles. The highest BCUT2D eigenvalue weighted by Crippen LogP contribution is 2.26. The van der Waals surface area contributed by atoms with Crippen molar-refractivity contribution in [1.29, 1.82) is 0 Å². The van der Waals surface area contributed by atoms with E-state index in [0.29, 0.717) is 25.3 Å². The maximum Gasteiger partial charge on any atom is 0.251 e. The van der Waals surface area contributed by atoms with E-state index < -0.39 is 0 Å². The van der Waals surface area contributed by atoms with Crippen molar-refractivity contribution in [2.45, 2.75) is 19.9 Å². The average Bonchev–Trinajstić information content (AvgIpc) is 3.26. The molecule has 2 aromatic rings. The van der Waals surface area contributed by atoms with Crippen LogP contribution < -0.4 is 14.8 Å². The number of piperazine rings is 1. The molecule has 0 aliphatic carbocycles. The van der Waals surface area contributed by atoms with Crippen molar-refractivity contribution in [3.05, 3.63) is 59.2 Å². The number of benzene rings is 2. The third-order valence-corrected chi connectivity index (χ3v) is 5.71. The number of rotatable bonds is 7. The van der Waals surface area contributed by atoms with Gasteiger partial charge in [-0.05, 0) is 48.4 Å². The van der Waals surface area contributed by atoms with Crippen molar-refractivity contribution in [2.24, 2.45) is 0 Å². The van der Waals surface area contributed by atoms with Gasteiger partial charge in [0, 0.05) is 44.7 Å². The zero-order valence-corrected chi connectivity index (χ0v) is 17.9. The first-order valence-electron chi connectivity index (χ1n) is 10.9. The fourth-order valence-electron chi connectivity index (χ4n) is 3.99. The first kappa shape index (κ1) is 21.2. The molecule has 4 rings (SSSR count). The van der Waals surface area contributed by atoms with E-state index in [1.807, 2.05) is 11.8 Å². The van der Waals surface area contributed by atoms with E-state index in [4.69, 9.17) is 9.47 Å². The van der Waals surface area contributed by atoms with Crippen LogP contribution in [0.1, 0.15) is 28.4 Å². The zero-order chi connectivity index (χ0) is 21.6. The van der Waals surface area contributed by atoms with Gasteiger partial charge in [-0.2, -0.15) is 0 Å². The first-order valence-corrected chi connectivity index (χ1v) is 10.9. The van der Waals surface area contributed by atoms with E-state index in [1.165, 1.54) is 11.1 Å². The van der Waals surface area contributed by atoms with Crippen LogP contribution in [0.25, 0.3) is 0 Å². The van der Waals surface area contributed by atoms with Crippen LogP contribution in [0.3, 0.4) is 0 Å². The second-order valence-corrected chi connectivity index (χ2v) is 7.84. The lowest BCUT2D eigenvalue weighted by Crippen LogP contribution is -2.50. The normalized spacial score (nSPS) is 15.8. The van der Waals surface area contributed by atoms with Crippen LogP contribution in [0.5, 0.6) is 11.5 Å². The third kappa shape index (κ3) is 5.35. The number of nitrogens with one attached hydrogen (secondary N) is 1. The smallest absolute Gasteiger partial charge is 0.251 e. The Morgan fingerprint density at radius 2 is 1.84 bits per heavy atom. The number of fused-ring (bicyclic) bond motifs is 1. The summed E-state index contributed by atoms with van der Waals surface area (Å²) < 4.78 is 11.0. The van der Waals surface area contributed by atoms with Gasteiger partial charge >= 0.3 is 0 Å². The van der Waals surface area contributed by atoms with Crippen LogP contribution in [0.4, 0.5) is 0 Å². The highest BCUT2D eigenvalue weighted by Gasteiger charge is 2.22. The number of ether oxygens (including phenoxy) is 2. The molecular formula is C24H29N3O4. The molecule has 1 fully saturated rings. The number of hydrogen-bond donors (Lipinski definition) is 1. The molecule has 2 aliphatic heterocycles. The second kappa shape index (κ2) is 9.83. The quantitative estimate of drug-likeness (QED) is 0.739. The molecule has 2 amide bonds. The predicted molar refractivity (Wildman–Crippen MR) is 117 cm³/mol. The minimum absolute atomic E-state index is 0.0108. The Labute approximate surface area is 182 Å². The summed E-state index contributed by atoms with van der Waals surface area (Å²) in [4.78, 5) is 29.0. The van der Waals surface area contributed by atoms with Gasteiger partial charge in [-0.25, -0.2) is 0 Å². The van der Waals surface area contributed by atoms with E-state index in [1.54, 1.807) is 24.3 Å². The number of amides is 2. The molecule has 164 valence electrons. The van der Waals surface area contributed by atoms with Crippen molar-refractivity contribution in [1.82, 2.24) is 15.1 Å². The Morgan fingerprint density at radius 1 is 1.06 bits per heavy atom. The van der Waals surface area contributed by atoms with Crippen LogP contribution in [0.2, 0.25) is 0 Å². The summed E-state index contributed by atoms with van der Waals surface area (Å²) in [7, 11) is 0. The Hall–Kier alpha value is -3.06. The van der Waals surface area contributed by atoms with Gasteiger partial charge in [-0.1, -0.05) is 12.1 Å². The summed E-state index contributed by atoms with van der Waals surface area (Å²) in [5.41, 5.74) is 3.09. The minimum Gasteiger partial charge on any atom is -0.494 e. The largest absolute Gasteiger partial charge is 0.494 e. The van der Waals surface area contributed by atoms with Crippen LogP contribution >= 0.6 is 0 Å². The summed E-state index contributed by atoms with van der Waals surface area (Å²) in [6, 6.07) is 13.3. The summed E-state index contributed by atoms with van der Waals surface area (Å²) in [5.74, 6) is 1.43. The fourth-order valence-corrected chi connectivity index (χ4v) is 3.99. The molecule has 31 heavy (non-hydrogen) atoms. The number of carbonyl (C=O) groups is 2. The van der Waals surface area contributed by atoms with Crippen molar-refractivity contribution >= 4 is 11.8 Å². The number of hydrogen-bond acceptors (Lipinski definition) is 5. The van der Waals surface area contributed by atoms with Crippen molar-refractivity contribution in [3.63, 3.8) is 0 Å².